The zero-order valence-corrected chi connectivity index (χ0v) is 10.8. The Morgan fingerprint density at radius 2 is 1.53 bits per heavy atom. The minimum atomic E-state index is 0.896. The molecule has 0 aromatic heterocycles. The Balaban J connectivity index is 2.36. The molecule has 0 aromatic rings. The van der Waals surface area contributed by atoms with Gasteiger partial charge in [0.05, 0.1) is 0 Å². The Morgan fingerprint density at radius 1 is 0.867 bits per heavy atom. The molecular weight excluding hydrogens is 182 g/mol. The zero-order valence-electron chi connectivity index (χ0n) is 10.8. The van der Waals surface area contributed by atoms with Crippen molar-refractivity contribution in [3.63, 3.8) is 0 Å². The van der Waals surface area contributed by atoms with Crippen molar-refractivity contribution in [1.29, 1.82) is 0 Å². The van der Waals surface area contributed by atoms with E-state index in [0.29, 0.717) is 0 Å². The van der Waals surface area contributed by atoms with E-state index in [2.05, 4.69) is 18.7 Å². The Labute approximate surface area is 96.2 Å². The SMILES string of the molecule is CCCC[C@@H](CCC)N1CCCCCC1. The number of hydrogen-bond donors (Lipinski definition) is 0. The van der Waals surface area contributed by atoms with Crippen molar-refractivity contribution in [1.82, 2.24) is 4.90 Å². The molecule has 1 heteroatoms. The molecule has 1 rings (SSSR count). The first-order valence-corrected chi connectivity index (χ1v) is 7.12. The second-order valence-corrected chi connectivity index (χ2v) is 5.03. The lowest BCUT2D eigenvalue weighted by molar-refractivity contribution is 0.180. The Kier molecular flexibility index (Phi) is 7.08. The summed E-state index contributed by atoms with van der Waals surface area (Å²) in [6.45, 7) is 7.38. The van der Waals surface area contributed by atoms with Gasteiger partial charge in [0, 0.05) is 6.04 Å². The topological polar surface area (TPSA) is 3.24 Å². The van der Waals surface area contributed by atoms with Gasteiger partial charge in [-0.2, -0.15) is 0 Å². The summed E-state index contributed by atoms with van der Waals surface area (Å²) in [6, 6.07) is 0.896. The van der Waals surface area contributed by atoms with Crippen LogP contribution in [0.4, 0.5) is 0 Å². The fraction of sp³-hybridized carbons (Fsp3) is 1.00. The summed E-state index contributed by atoms with van der Waals surface area (Å²) in [5.74, 6) is 0. The maximum atomic E-state index is 2.78. The lowest BCUT2D eigenvalue weighted by atomic mass is 10.0. The molecule has 1 saturated heterocycles. The van der Waals surface area contributed by atoms with E-state index in [1.54, 1.807) is 0 Å². The maximum absolute atomic E-state index is 2.78. The van der Waals surface area contributed by atoms with Crippen LogP contribution in [-0.2, 0) is 0 Å². The van der Waals surface area contributed by atoms with Crippen molar-refractivity contribution in [3.8, 4) is 0 Å². The second-order valence-electron chi connectivity index (χ2n) is 5.03. The third kappa shape index (κ3) is 5.01. The van der Waals surface area contributed by atoms with Gasteiger partial charge in [-0.3, -0.25) is 0 Å². The van der Waals surface area contributed by atoms with Crippen molar-refractivity contribution in [3.05, 3.63) is 0 Å². The average Bonchev–Trinajstić information content (AvgIpc) is 2.52. The van der Waals surface area contributed by atoms with Gasteiger partial charge in [-0.05, 0) is 38.8 Å². The lowest BCUT2D eigenvalue weighted by Crippen LogP contribution is -2.36. The monoisotopic (exact) mass is 211 g/mol. The van der Waals surface area contributed by atoms with Gasteiger partial charge < -0.3 is 4.90 Å². The molecule has 0 saturated carbocycles. The molecule has 0 spiro atoms. The molecule has 15 heavy (non-hydrogen) atoms. The van der Waals surface area contributed by atoms with Crippen LogP contribution in [0.2, 0.25) is 0 Å². The van der Waals surface area contributed by atoms with Gasteiger partial charge in [0.2, 0.25) is 0 Å². The largest absolute Gasteiger partial charge is 0.300 e. The molecule has 0 N–H and O–H groups in total. The molecule has 1 fully saturated rings. The third-order valence-corrected chi connectivity index (χ3v) is 3.67. The van der Waals surface area contributed by atoms with Crippen molar-refractivity contribution in [2.75, 3.05) is 13.1 Å². The van der Waals surface area contributed by atoms with E-state index in [1.807, 2.05) is 0 Å². The van der Waals surface area contributed by atoms with Gasteiger partial charge in [0.1, 0.15) is 0 Å². The van der Waals surface area contributed by atoms with Crippen LogP contribution in [0.1, 0.15) is 71.6 Å². The molecule has 1 aliphatic heterocycles. The smallest absolute Gasteiger partial charge is 0.00951 e. The van der Waals surface area contributed by atoms with E-state index in [-0.39, 0.29) is 0 Å². The van der Waals surface area contributed by atoms with Crippen LogP contribution >= 0.6 is 0 Å². The fourth-order valence-electron chi connectivity index (χ4n) is 2.74. The second kappa shape index (κ2) is 8.15. The highest BCUT2D eigenvalue weighted by molar-refractivity contribution is 4.73. The molecule has 0 unspecified atom stereocenters. The van der Waals surface area contributed by atoms with Gasteiger partial charge in [0.25, 0.3) is 0 Å². The van der Waals surface area contributed by atoms with Crippen molar-refractivity contribution in [2.24, 2.45) is 0 Å². The van der Waals surface area contributed by atoms with Gasteiger partial charge in [-0.1, -0.05) is 46.0 Å². The average molecular weight is 211 g/mol. The summed E-state index contributed by atoms with van der Waals surface area (Å²) in [4.78, 5) is 2.78. The molecule has 1 heterocycles. The zero-order chi connectivity index (χ0) is 10.9. The standard InChI is InChI=1S/C14H29N/c1-3-5-11-14(10-4-2)15-12-8-6-7-9-13-15/h14H,3-13H2,1-2H3/t14-/m1/s1. The number of rotatable bonds is 6. The van der Waals surface area contributed by atoms with Gasteiger partial charge in [-0.15, -0.1) is 0 Å². The van der Waals surface area contributed by atoms with Crippen LogP contribution in [0.3, 0.4) is 0 Å². The quantitative estimate of drug-likeness (QED) is 0.636. The first-order valence-electron chi connectivity index (χ1n) is 7.12. The van der Waals surface area contributed by atoms with Crippen LogP contribution < -0.4 is 0 Å². The molecule has 0 aliphatic carbocycles. The summed E-state index contributed by atoms with van der Waals surface area (Å²) in [5.41, 5.74) is 0. The Morgan fingerprint density at radius 3 is 2.07 bits per heavy atom. The third-order valence-electron chi connectivity index (χ3n) is 3.67. The van der Waals surface area contributed by atoms with Crippen molar-refractivity contribution in [2.45, 2.75) is 77.7 Å². The number of unbranched alkanes of at least 4 members (excludes halogenated alkanes) is 1. The van der Waals surface area contributed by atoms with Crippen molar-refractivity contribution < 1.29 is 0 Å². The molecule has 0 bridgehead atoms. The summed E-state index contributed by atoms with van der Waals surface area (Å²) in [7, 11) is 0. The van der Waals surface area contributed by atoms with E-state index in [0.717, 1.165) is 6.04 Å². The first kappa shape index (κ1) is 13.0. The van der Waals surface area contributed by atoms with Crippen LogP contribution in [-0.4, -0.2) is 24.0 Å². The Bertz CT molecular complexity index is 136. The lowest BCUT2D eigenvalue weighted by Gasteiger charge is -2.30. The van der Waals surface area contributed by atoms with Crippen LogP contribution in [0, 0.1) is 0 Å². The van der Waals surface area contributed by atoms with E-state index in [4.69, 9.17) is 0 Å². The van der Waals surface area contributed by atoms with E-state index in [9.17, 15) is 0 Å². The highest BCUT2D eigenvalue weighted by atomic mass is 15.1. The van der Waals surface area contributed by atoms with Crippen LogP contribution in [0.25, 0.3) is 0 Å². The van der Waals surface area contributed by atoms with Crippen LogP contribution in [0.15, 0.2) is 0 Å². The minimum Gasteiger partial charge on any atom is -0.300 e. The maximum Gasteiger partial charge on any atom is 0.00951 e. The van der Waals surface area contributed by atoms with Crippen LogP contribution in [0.5, 0.6) is 0 Å². The Hall–Kier alpha value is -0.0400. The number of hydrogen-bond acceptors (Lipinski definition) is 1. The molecule has 0 aromatic carbocycles. The molecular formula is C14H29N. The molecule has 0 radical (unpaired) electrons. The first-order chi connectivity index (χ1) is 7.38. The highest BCUT2D eigenvalue weighted by Crippen LogP contribution is 2.19. The summed E-state index contributed by atoms with van der Waals surface area (Å²) in [6.07, 6.45) is 12.8. The van der Waals surface area contributed by atoms with Gasteiger partial charge in [-0.25, -0.2) is 0 Å². The predicted octanol–water partition coefficient (Wildman–Crippen LogP) is 4.22. The minimum absolute atomic E-state index is 0.896. The molecule has 1 aliphatic rings. The van der Waals surface area contributed by atoms with Crippen molar-refractivity contribution >= 4 is 0 Å². The van der Waals surface area contributed by atoms with E-state index < -0.39 is 0 Å². The number of likely N-dealkylation sites (tertiary alicyclic amines) is 1. The summed E-state index contributed by atoms with van der Waals surface area (Å²) < 4.78 is 0. The predicted molar refractivity (Wildman–Crippen MR) is 68.3 cm³/mol. The van der Waals surface area contributed by atoms with Gasteiger partial charge >= 0.3 is 0 Å². The van der Waals surface area contributed by atoms with E-state index in [1.165, 1.54) is 70.9 Å². The summed E-state index contributed by atoms with van der Waals surface area (Å²) in [5, 5.41) is 0. The molecule has 90 valence electrons. The molecule has 0 amide bonds. The highest BCUT2D eigenvalue weighted by Gasteiger charge is 2.18. The summed E-state index contributed by atoms with van der Waals surface area (Å²) >= 11 is 0. The number of nitrogens with zero attached hydrogens (tertiary/aromatic N) is 1. The normalized spacial score (nSPS) is 21.2. The fourth-order valence-corrected chi connectivity index (χ4v) is 2.74. The molecule has 1 nitrogen and oxygen atoms in total. The van der Waals surface area contributed by atoms with Gasteiger partial charge in [0.15, 0.2) is 0 Å². The molecule has 1 atom stereocenters. The van der Waals surface area contributed by atoms with E-state index >= 15 is 0 Å².